The molecule has 5 rings (SSSR count). The smallest absolute Gasteiger partial charge is 0.240 e. The zero-order valence-electron chi connectivity index (χ0n) is 14.7. The van der Waals surface area contributed by atoms with E-state index >= 15 is 0 Å². The Bertz CT molecular complexity index is 560. The lowest BCUT2D eigenvalue weighted by molar-refractivity contribution is -1.19. The van der Waals surface area contributed by atoms with Crippen molar-refractivity contribution in [3.63, 3.8) is 0 Å². The highest BCUT2D eigenvalue weighted by Gasteiger charge is 2.67. The Morgan fingerprint density at radius 3 is 1.91 bits per heavy atom. The van der Waals surface area contributed by atoms with E-state index in [4.69, 9.17) is 4.74 Å². The molecule has 4 heterocycles. The number of aliphatic hydroxyl groups excluding tert-OH is 1. The minimum atomic E-state index is -0.148. The van der Waals surface area contributed by atoms with Gasteiger partial charge in [-0.1, -0.05) is 0 Å². The van der Waals surface area contributed by atoms with Gasteiger partial charge in [0.2, 0.25) is 6.17 Å². The zero-order chi connectivity index (χ0) is 16.4. The molecular weight excluding hydrogens is 288 g/mol. The summed E-state index contributed by atoms with van der Waals surface area (Å²) in [5.74, 6) is 0.955. The molecule has 126 valence electrons. The first-order valence-electron chi connectivity index (χ1n) is 8.95. The van der Waals surface area contributed by atoms with Gasteiger partial charge in [0.15, 0.2) is 0 Å². The predicted molar refractivity (Wildman–Crippen MR) is 88.6 cm³/mol. The third-order valence-corrected chi connectivity index (χ3v) is 6.25. The van der Waals surface area contributed by atoms with Crippen LogP contribution in [-0.4, -0.2) is 43.5 Å². The van der Waals surface area contributed by atoms with Crippen molar-refractivity contribution >= 4 is 0 Å². The van der Waals surface area contributed by atoms with Crippen molar-refractivity contribution in [3.05, 3.63) is 29.8 Å². The average molecular weight is 318 g/mol. The van der Waals surface area contributed by atoms with Crippen LogP contribution in [0, 0.1) is 10.8 Å². The molecule has 4 heteroatoms. The van der Waals surface area contributed by atoms with Crippen LogP contribution in [0.1, 0.15) is 39.4 Å². The van der Waals surface area contributed by atoms with Crippen LogP contribution in [0.25, 0.3) is 0 Å². The molecule has 0 radical (unpaired) electrons. The first kappa shape index (κ1) is 15.4. The fourth-order valence-electron chi connectivity index (χ4n) is 5.73. The summed E-state index contributed by atoms with van der Waals surface area (Å²) >= 11 is 0. The molecular formula is C19H30N2O2+2. The molecule has 0 unspecified atom stereocenters. The number of piperidine rings is 2. The number of nitrogens with one attached hydrogen (secondary N) is 2. The van der Waals surface area contributed by atoms with E-state index in [0.29, 0.717) is 6.17 Å². The van der Waals surface area contributed by atoms with E-state index in [1.54, 1.807) is 9.80 Å². The van der Waals surface area contributed by atoms with Crippen LogP contribution in [0.5, 0.6) is 5.75 Å². The average Bonchev–Trinajstić information content (AvgIpc) is 2.44. The summed E-state index contributed by atoms with van der Waals surface area (Å²) in [7, 11) is 0. The monoisotopic (exact) mass is 318 g/mol. The highest BCUT2D eigenvalue weighted by atomic mass is 16.5. The van der Waals surface area contributed by atoms with Crippen molar-refractivity contribution in [1.29, 1.82) is 0 Å². The second-order valence-corrected chi connectivity index (χ2v) is 8.90. The molecule has 0 aromatic heterocycles. The van der Waals surface area contributed by atoms with Gasteiger partial charge in [0.25, 0.3) is 0 Å². The highest BCUT2D eigenvalue weighted by Crippen LogP contribution is 2.39. The lowest BCUT2D eigenvalue weighted by Crippen LogP contribution is -3.41. The molecule has 4 nitrogen and oxygen atoms in total. The molecule has 4 bridgehead atoms. The Kier molecular flexibility index (Phi) is 3.32. The molecule has 0 aliphatic carbocycles. The van der Waals surface area contributed by atoms with E-state index in [2.05, 4.69) is 52.0 Å². The first-order valence-corrected chi connectivity index (χ1v) is 8.95. The maximum atomic E-state index is 10.8. The number of benzene rings is 1. The minimum absolute atomic E-state index is 0.0765. The van der Waals surface area contributed by atoms with Gasteiger partial charge in [-0.2, -0.15) is 0 Å². The van der Waals surface area contributed by atoms with Crippen LogP contribution < -0.4 is 14.5 Å². The minimum Gasteiger partial charge on any atom is -0.491 e. The van der Waals surface area contributed by atoms with Crippen LogP contribution in [0.3, 0.4) is 0 Å². The molecule has 0 atom stereocenters. The summed E-state index contributed by atoms with van der Waals surface area (Å²) < 4.78 is 5.77. The van der Waals surface area contributed by atoms with Crippen LogP contribution >= 0.6 is 0 Å². The number of quaternary nitrogens is 2. The van der Waals surface area contributed by atoms with Gasteiger partial charge in [0.1, 0.15) is 5.75 Å². The number of hydrogen-bond donors (Lipinski definition) is 3. The molecule has 4 aliphatic rings. The SMILES string of the molecule is CC(C)Oc1ccc(C2[NH+]3CC4(C)C[NH+]2CC(C)(C3)C4O)cc1. The van der Waals surface area contributed by atoms with Gasteiger partial charge >= 0.3 is 0 Å². The van der Waals surface area contributed by atoms with Crippen LogP contribution in [0.2, 0.25) is 0 Å². The summed E-state index contributed by atoms with van der Waals surface area (Å²) in [6, 6.07) is 8.71. The second-order valence-electron chi connectivity index (χ2n) is 8.90. The van der Waals surface area contributed by atoms with Crippen LogP contribution in [-0.2, 0) is 0 Å². The lowest BCUT2D eigenvalue weighted by atomic mass is 9.60. The van der Waals surface area contributed by atoms with Crippen LogP contribution in [0.4, 0.5) is 0 Å². The molecule has 4 saturated heterocycles. The molecule has 4 fully saturated rings. The summed E-state index contributed by atoms with van der Waals surface area (Å²) in [6.45, 7) is 13.0. The van der Waals surface area contributed by atoms with Gasteiger partial charge in [-0.05, 0) is 52.0 Å². The van der Waals surface area contributed by atoms with Crippen molar-refractivity contribution in [2.45, 2.75) is 46.1 Å². The van der Waals surface area contributed by atoms with Gasteiger partial charge in [-0.25, -0.2) is 0 Å². The van der Waals surface area contributed by atoms with E-state index in [0.717, 1.165) is 31.9 Å². The Morgan fingerprint density at radius 2 is 1.48 bits per heavy atom. The second kappa shape index (κ2) is 4.95. The summed E-state index contributed by atoms with van der Waals surface area (Å²) in [5.41, 5.74) is 1.56. The standard InChI is InChI=1S/C19H28N2O2/c1-13(2)23-15-7-5-14(6-8-15)16-20-9-18(3)10-21(16)12-19(4,11-20)17(18)22/h5-8,13,16-17,22H,9-12H2,1-4H3/p+2. The van der Waals surface area contributed by atoms with E-state index in [1.165, 1.54) is 5.56 Å². The van der Waals surface area contributed by atoms with Crippen LogP contribution in [0.15, 0.2) is 24.3 Å². The third-order valence-electron chi connectivity index (χ3n) is 6.25. The van der Waals surface area contributed by atoms with Gasteiger partial charge in [0.05, 0.1) is 54.8 Å². The maximum Gasteiger partial charge on any atom is 0.240 e. The van der Waals surface area contributed by atoms with E-state index in [9.17, 15) is 5.11 Å². The predicted octanol–water partition coefficient (Wildman–Crippen LogP) is -0.343. The van der Waals surface area contributed by atoms with E-state index in [-0.39, 0.29) is 23.0 Å². The largest absolute Gasteiger partial charge is 0.491 e. The van der Waals surface area contributed by atoms with Gasteiger partial charge in [0, 0.05) is 0 Å². The van der Waals surface area contributed by atoms with Gasteiger partial charge < -0.3 is 9.84 Å². The van der Waals surface area contributed by atoms with E-state index < -0.39 is 0 Å². The van der Waals surface area contributed by atoms with Gasteiger partial charge in [-0.3, -0.25) is 9.80 Å². The fraction of sp³-hybridized carbons (Fsp3) is 0.684. The highest BCUT2D eigenvalue weighted by molar-refractivity contribution is 5.28. The normalized spacial score (nSPS) is 44.8. The summed E-state index contributed by atoms with van der Waals surface area (Å²) in [6.07, 6.45) is 0.578. The lowest BCUT2D eigenvalue weighted by Gasteiger charge is -2.62. The molecule has 4 aliphatic heterocycles. The molecule has 0 amide bonds. The summed E-state index contributed by atoms with van der Waals surface area (Å²) in [5, 5.41) is 10.8. The number of rotatable bonds is 3. The molecule has 0 saturated carbocycles. The topological polar surface area (TPSA) is 38.3 Å². The zero-order valence-corrected chi connectivity index (χ0v) is 14.7. The molecule has 0 spiro atoms. The third kappa shape index (κ3) is 2.31. The van der Waals surface area contributed by atoms with Crippen molar-refractivity contribution in [2.75, 3.05) is 26.2 Å². The Morgan fingerprint density at radius 1 is 1.00 bits per heavy atom. The number of aliphatic hydroxyl groups is 1. The summed E-state index contributed by atoms with van der Waals surface area (Å²) in [4.78, 5) is 3.29. The Labute approximate surface area is 139 Å². The Hall–Kier alpha value is -1.10. The number of ether oxygens (including phenoxy) is 1. The molecule has 23 heavy (non-hydrogen) atoms. The van der Waals surface area contributed by atoms with Gasteiger partial charge in [-0.15, -0.1) is 0 Å². The fourth-order valence-corrected chi connectivity index (χ4v) is 5.73. The Balaban J connectivity index is 1.60. The quantitative estimate of drug-likeness (QED) is 0.713. The molecule has 1 aromatic carbocycles. The van der Waals surface area contributed by atoms with Crippen molar-refractivity contribution in [3.8, 4) is 5.75 Å². The van der Waals surface area contributed by atoms with Crippen molar-refractivity contribution in [1.82, 2.24) is 0 Å². The van der Waals surface area contributed by atoms with Crippen molar-refractivity contribution in [2.24, 2.45) is 10.8 Å². The molecule has 3 N–H and O–H groups in total. The molecule has 1 aromatic rings. The van der Waals surface area contributed by atoms with E-state index in [1.807, 2.05) is 0 Å². The maximum absolute atomic E-state index is 10.8. The van der Waals surface area contributed by atoms with Crippen molar-refractivity contribution < 1.29 is 19.6 Å². The first-order chi connectivity index (χ1) is 10.8. The number of hydrogen-bond acceptors (Lipinski definition) is 2.